The first-order valence-corrected chi connectivity index (χ1v) is 6.06. The van der Waals surface area contributed by atoms with Gasteiger partial charge in [0, 0.05) is 20.1 Å². The summed E-state index contributed by atoms with van der Waals surface area (Å²) in [6.07, 6.45) is 2.59. The fraction of sp³-hybridized carbons (Fsp3) is 0.917. The van der Waals surface area contributed by atoms with E-state index in [0.29, 0.717) is 12.6 Å². The Morgan fingerprint density at radius 1 is 1.50 bits per heavy atom. The van der Waals surface area contributed by atoms with Gasteiger partial charge in [-0.1, -0.05) is 0 Å². The van der Waals surface area contributed by atoms with E-state index in [9.17, 15) is 4.79 Å². The van der Waals surface area contributed by atoms with Crippen LogP contribution in [-0.2, 0) is 9.53 Å². The zero-order chi connectivity index (χ0) is 12.1. The Labute approximate surface area is 98.5 Å². The molecular weight excluding hydrogens is 204 g/mol. The Morgan fingerprint density at radius 2 is 2.19 bits per heavy atom. The molecule has 4 heteroatoms. The Kier molecular flexibility index (Phi) is 5.22. The van der Waals surface area contributed by atoms with Gasteiger partial charge in [0.2, 0.25) is 5.91 Å². The van der Waals surface area contributed by atoms with Gasteiger partial charge < -0.3 is 9.64 Å². The van der Waals surface area contributed by atoms with E-state index < -0.39 is 0 Å². The highest BCUT2D eigenvalue weighted by atomic mass is 16.5. The van der Waals surface area contributed by atoms with Crippen LogP contribution in [0.15, 0.2) is 0 Å². The zero-order valence-electron chi connectivity index (χ0n) is 10.9. The number of likely N-dealkylation sites (tertiary alicyclic amines) is 1. The monoisotopic (exact) mass is 228 g/mol. The Balaban J connectivity index is 2.37. The summed E-state index contributed by atoms with van der Waals surface area (Å²) in [5.41, 5.74) is 0. The number of hydrogen-bond donors (Lipinski definition) is 0. The van der Waals surface area contributed by atoms with Gasteiger partial charge in [0.1, 0.15) is 0 Å². The molecule has 1 saturated heterocycles. The fourth-order valence-corrected chi connectivity index (χ4v) is 1.91. The summed E-state index contributed by atoms with van der Waals surface area (Å²) in [5, 5.41) is 0. The van der Waals surface area contributed by atoms with Gasteiger partial charge >= 0.3 is 0 Å². The molecule has 1 atom stereocenters. The number of ether oxygens (including phenoxy) is 1. The highest BCUT2D eigenvalue weighted by Crippen LogP contribution is 2.17. The third-order valence-electron chi connectivity index (χ3n) is 2.96. The van der Waals surface area contributed by atoms with Crippen LogP contribution in [0.1, 0.15) is 26.7 Å². The average Bonchev–Trinajstić information content (AvgIpc) is 2.62. The number of rotatable bonds is 5. The number of nitrogens with zero attached hydrogens (tertiary/aromatic N) is 2. The van der Waals surface area contributed by atoms with Crippen LogP contribution < -0.4 is 0 Å². The van der Waals surface area contributed by atoms with Crippen molar-refractivity contribution in [1.29, 1.82) is 0 Å². The normalized spacial score (nSPS) is 21.7. The van der Waals surface area contributed by atoms with Crippen molar-refractivity contribution in [3.8, 4) is 0 Å². The van der Waals surface area contributed by atoms with Crippen molar-refractivity contribution in [1.82, 2.24) is 9.80 Å². The molecule has 0 aromatic carbocycles. The highest BCUT2D eigenvalue weighted by Gasteiger charge is 2.26. The molecule has 0 aliphatic carbocycles. The SMILES string of the molecule is CC(C)OC[C@@H]1CCCN1CC(=O)N(C)C. The van der Waals surface area contributed by atoms with Gasteiger partial charge in [-0.15, -0.1) is 0 Å². The van der Waals surface area contributed by atoms with Gasteiger partial charge in [-0.2, -0.15) is 0 Å². The Morgan fingerprint density at radius 3 is 2.75 bits per heavy atom. The molecule has 0 spiro atoms. The summed E-state index contributed by atoms with van der Waals surface area (Å²) in [7, 11) is 3.61. The summed E-state index contributed by atoms with van der Waals surface area (Å²) in [4.78, 5) is 15.5. The molecule has 94 valence electrons. The van der Waals surface area contributed by atoms with Crippen LogP contribution in [0.2, 0.25) is 0 Å². The molecule has 1 fully saturated rings. The second-order valence-corrected chi connectivity index (χ2v) is 4.94. The van der Waals surface area contributed by atoms with Crippen molar-refractivity contribution in [2.45, 2.75) is 38.8 Å². The summed E-state index contributed by atoms with van der Waals surface area (Å²) in [6, 6.07) is 0.422. The summed E-state index contributed by atoms with van der Waals surface area (Å²) >= 11 is 0. The van der Waals surface area contributed by atoms with E-state index in [4.69, 9.17) is 4.74 Å². The molecule has 4 nitrogen and oxygen atoms in total. The van der Waals surface area contributed by atoms with Gasteiger partial charge in [-0.25, -0.2) is 0 Å². The molecule has 1 aliphatic heterocycles. The van der Waals surface area contributed by atoms with Crippen molar-refractivity contribution in [3.63, 3.8) is 0 Å². The second kappa shape index (κ2) is 6.21. The van der Waals surface area contributed by atoms with Gasteiger partial charge in [0.15, 0.2) is 0 Å². The number of amides is 1. The minimum atomic E-state index is 0.177. The van der Waals surface area contributed by atoms with Gasteiger partial charge in [-0.05, 0) is 33.2 Å². The van der Waals surface area contributed by atoms with Gasteiger partial charge in [0.05, 0.1) is 19.3 Å². The topological polar surface area (TPSA) is 32.8 Å². The maximum atomic E-state index is 11.6. The molecule has 1 rings (SSSR count). The molecule has 1 heterocycles. The lowest BCUT2D eigenvalue weighted by Crippen LogP contribution is -2.41. The Bertz CT molecular complexity index is 229. The van der Waals surface area contributed by atoms with Crippen LogP contribution in [0.4, 0.5) is 0 Å². The fourth-order valence-electron chi connectivity index (χ4n) is 1.91. The summed E-state index contributed by atoms with van der Waals surface area (Å²) in [6.45, 7) is 6.39. The summed E-state index contributed by atoms with van der Waals surface area (Å²) < 4.78 is 5.63. The van der Waals surface area contributed by atoms with Crippen LogP contribution in [0.5, 0.6) is 0 Å². The first-order chi connectivity index (χ1) is 7.50. The van der Waals surface area contributed by atoms with Crippen molar-refractivity contribution >= 4 is 5.91 Å². The molecule has 0 bridgehead atoms. The van der Waals surface area contributed by atoms with E-state index in [1.807, 2.05) is 13.8 Å². The minimum Gasteiger partial charge on any atom is -0.377 e. The molecule has 0 aromatic rings. The van der Waals surface area contributed by atoms with E-state index in [0.717, 1.165) is 19.6 Å². The van der Waals surface area contributed by atoms with Crippen LogP contribution >= 0.6 is 0 Å². The van der Waals surface area contributed by atoms with Crippen LogP contribution in [0.25, 0.3) is 0 Å². The predicted molar refractivity (Wildman–Crippen MR) is 64.4 cm³/mol. The van der Waals surface area contributed by atoms with E-state index >= 15 is 0 Å². The molecule has 0 radical (unpaired) electrons. The van der Waals surface area contributed by atoms with Crippen LogP contribution in [-0.4, -0.2) is 61.6 Å². The van der Waals surface area contributed by atoms with Gasteiger partial charge in [-0.3, -0.25) is 9.69 Å². The second-order valence-electron chi connectivity index (χ2n) is 4.94. The van der Waals surface area contributed by atoms with E-state index in [1.54, 1.807) is 19.0 Å². The minimum absolute atomic E-state index is 0.177. The predicted octanol–water partition coefficient (Wildman–Crippen LogP) is 0.964. The van der Waals surface area contributed by atoms with Crippen molar-refractivity contribution in [2.75, 3.05) is 33.8 Å². The molecule has 0 unspecified atom stereocenters. The molecule has 0 saturated carbocycles. The maximum Gasteiger partial charge on any atom is 0.236 e. The van der Waals surface area contributed by atoms with Crippen molar-refractivity contribution in [2.24, 2.45) is 0 Å². The van der Waals surface area contributed by atoms with Crippen molar-refractivity contribution in [3.05, 3.63) is 0 Å². The highest BCUT2D eigenvalue weighted by molar-refractivity contribution is 5.77. The number of hydrogen-bond acceptors (Lipinski definition) is 3. The van der Waals surface area contributed by atoms with Crippen LogP contribution in [0.3, 0.4) is 0 Å². The van der Waals surface area contributed by atoms with E-state index in [2.05, 4.69) is 4.90 Å². The molecule has 1 aliphatic rings. The zero-order valence-corrected chi connectivity index (χ0v) is 10.9. The average molecular weight is 228 g/mol. The maximum absolute atomic E-state index is 11.6. The lowest BCUT2D eigenvalue weighted by molar-refractivity contribution is -0.130. The quantitative estimate of drug-likeness (QED) is 0.703. The number of carbonyl (C=O) groups is 1. The summed E-state index contributed by atoms with van der Waals surface area (Å²) in [5.74, 6) is 0.177. The molecule has 0 N–H and O–H groups in total. The first kappa shape index (κ1) is 13.5. The Hall–Kier alpha value is -0.610. The van der Waals surface area contributed by atoms with E-state index in [-0.39, 0.29) is 12.0 Å². The molecule has 0 aromatic heterocycles. The number of likely N-dealkylation sites (N-methyl/N-ethyl adjacent to an activating group) is 1. The van der Waals surface area contributed by atoms with Crippen molar-refractivity contribution < 1.29 is 9.53 Å². The lowest BCUT2D eigenvalue weighted by atomic mass is 10.2. The molecule has 1 amide bonds. The first-order valence-electron chi connectivity index (χ1n) is 6.06. The third-order valence-corrected chi connectivity index (χ3v) is 2.96. The smallest absolute Gasteiger partial charge is 0.236 e. The molecule has 16 heavy (non-hydrogen) atoms. The lowest BCUT2D eigenvalue weighted by Gasteiger charge is -2.25. The van der Waals surface area contributed by atoms with Gasteiger partial charge in [0.25, 0.3) is 0 Å². The standard InChI is InChI=1S/C12H24N2O2/c1-10(2)16-9-11-6-5-7-14(11)8-12(15)13(3)4/h10-11H,5-9H2,1-4H3/t11-/m0/s1. The molecular formula is C12H24N2O2. The van der Waals surface area contributed by atoms with Crippen LogP contribution in [0, 0.1) is 0 Å². The number of carbonyl (C=O) groups excluding carboxylic acids is 1. The van der Waals surface area contributed by atoms with E-state index in [1.165, 1.54) is 6.42 Å². The largest absolute Gasteiger partial charge is 0.377 e. The third kappa shape index (κ3) is 4.10.